The summed E-state index contributed by atoms with van der Waals surface area (Å²) < 4.78 is 12.1. The Hall–Kier alpha value is -4.26. The molecular weight excluding hydrogens is 480 g/mol. The molecule has 0 heterocycles. The summed E-state index contributed by atoms with van der Waals surface area (Å²) >= 11 is 0. The molecule has 4 rings (SSSR count). The van der Waals surface area contributed by atoms with E-state index in [1.54, 1.807) is 48.5 Å². The van der Waals surface area contributed by atoms with E-state index in [4.69, 9.17) is 19.7 Å². The minimum absolute atomic E-state index is 0.125. The van der Waals surface area contributed by atoms with Crippen LogP contribution in [0, 0.1) is 5.92 Å². The van der Waals surface area contributed by atoms with Crippen LogP contribution in [0.1, 0.15) is 51.0 Å². The number of carbonyl (C=O) groups excluding carboxylic acids is 2. The predicted molar refractivity (Wildman–Crippen MR) is 145 cm³/mol. The van der Waals surface area contributed by atoms with Gasteiger partial charge in [0, 0.05) is 5.92 Å². The Bertz CT molecular complexity index is 1130. The fourth-order valence-electron chi connectivity index (χ4n) is 3.92. The molecule has 6 nitrogen and oxygen atoms in total. The Labute approximate surface area is 223 Å². The van der Waals surface area contributed by atoms with E-state index in [1.807, 2.05) is 79.7 Å². The number of hydrogen-bond acceptors (Lipinski definition) is 6. The SMILES string of the molecule is CC(C(OC(=O)c1ccccc1)c1ccccc1)C(OC(=O)c1ccccc1)c1ccccc1.OCCO. The molecule has 2 N–H and O–H groups in total. The largest absolute Gasteiger partial charge is 0.453 e. The van der Waals surface area contributed by atoms with Crippen molar-refractivity contribution in [2.24, 2.45) is 5.92 Å². The standard InChI is InChI=1S/C30H26O4.C2H6O2/c1-22(27(23-14-6-2-7-15-23)33-29(31)25-18-10-4-11-19-25)28(24-16-8-3-9-17-24)34-30(32)26-20-12-5-13-21-26;3-1-2-4/h2-22,27-28H,1H3;3-4H,1-2H2. The van der Waals surface area contributed by atoms with Crippen molar-refractivity contribution >= 4 is 11.9 Å². The normalized spacial score (nSPS) is 12.7. The Morgan fingerprint density at radius 3 is 1.13 bits per heavy atom. The van der Waals surface area contributed by atoms with Gasteiger partial charge in [-0.2, -0.15) is 0 Å². The van der Waals surface area contributed by atoms with Crippen molar-refractivity contribution in [2.45, 2.75) is 19.1 Å². The lowest BCUT2D eigenvalue weighted by atomic mass is 9.88. The molecule has 0 aliphatic carbocycles. The molecule has 4 aromatic carbocycles. The number of esters is 2. The highest BCUT2D eigenvalue weighted by atomic mass is 16.6. The summed E-state index contributed by atoms with van der Waals surface area (Å²) in [6.45, 7) is 1.69. The smallest absolute Gasteiger partial charge is 0.338 e. The maximum atomic E-state index is 13.0. The highest BCUT2D eigenvalue weighted by molar-refractivity contribution is 5.90. The summed E-state index contributed by atoms with van der Waals surface area (Å²) in [5, 5.41) is 15.2. The van der Waals surface area contributed by atoms with E-state index < -0.39 is 24.1 Å². The summed E-state index contributed by atoms with van der Waals surface area (Å²) in [6.07, 6.45) is -1.27. The van der Waals surface area contributed by atoms with Gasteiger partial charge in [0.25, 0.3) is 0 Å². The van der Waals surface area contributed by atoms with Gasteiger partial charge in [0.2, 0.25) is 0 Å². The molecule has 2 unspecified atom stereocenters. The third-order valence-corrected chi connectivity index (χ3v) is 5.80. The number of ether oxygens (including phenoxy) is 2. The lowest BCUT2D eigenvalue weighted by molar-refractivity contribution is -0.0305. The quantitative estimate of drug-likeness (QED) is 0.276. The van der Waals surface area contributed by atoms with Gasteiger partial charge < -0.3 is 19.7 Å². The fourth-order valence-corrected chi connectivity index (χ4v) is 3.92. The summed E-state index contributed by atoms with van der Waals surface area (Å²) in [4.78, 5) is 26.0. The number of hydrogen-bond donors (Lipinski definition) is 2. The van der Waals surface area contributed by atoms with Crippen molar-refractivity contribution in [1.82, 2.24) is 0 Å². The molecule has 4 aromatic rings. The molecule has 0 aromatic heterocycles. The zero-order chi connectivity index (χ0) is 27.2. The van der Waals surface area contributed by atoms with Gasteiger partial charge in [0.05, 0.1) is 24.3 Å². The summed E-state index contributed by atoms with van der Waals surface area (Å²) in [7, 11) is 0. The van der Waals surface area contributed by atoms with Gasteiger partial charge in [-0.3, -0.25) is 0 Å². The molecule has 6 heteroatoms. The van der Waals surface area contributed by atoms with E-state index in [0.717, 1.165) is 11.1 Å². The molecule has 0 spiro atoms. The van der Waals surface area contributed by atoms with Crippen molar-refractivity contribution in [3.63, 3.8) is 0 Å². The fraction of sp³-hybridized carbons (Fsp3) is 0.188. The van der Waals surface area contributed by atoms with Crippen molar-refractivity contribution in [3.05, 3.63) is 144 Å². The third kappa shape index (κ3) is 8.13. The highest BCUT2D eigenvalue weighted by Crippen LogP contribution is 2.38. The molecule has 38 heavy (non-hydrogen) atoms. The maximum absolute atomic E-state index is 13.0. The van der Waals surface area contributed by atoms with Crippen LogP contribution in [0.15, 0.2) is 121 Å². The second-order valence-corrected chi connectivity index (χ2v) is 8.51. The second kappa shape index (κ2) is 15.1. The van der Waals surface area contributed by atoms with Crippen molar-refractivity contribution < 1.29 is 29.3 Å². The number of carbonyl (C=O) groups is 2. The maximum Gasteiger partial charge on any atom is 0.338 e. The first-order valence-electron chi connectivity index (χ1n) is 12.4. The molecular formula is C32H32O6. The predicted octanol–water partition coefficient (Wildman–Crippen LogP) is 5.79. The Morgan fingerprint density at radius 1 is 0.553 bits per heavy atom. The highest BCUT2D eigenvalue weighted by Gasteiger charge is 2.34. The number of aliphatic hydroxyl groups excluding tert-OH is 2. The van der Waals surface area contributed by atoms with Crippen LogP contribution >= 0.6 is 0 Å². The lowest BCUT2D eigenvalue weighted by Crippen LogP contribution is -2.26. The van der Waals surface area contributed by atoms with Gasteiger partial charge in [0.15, 0.2) is 0 Å². The van der Waals surface area contributed by atoms with E-state index in [-0.39, 0.29) is 19.1 Å². The van der Waals surface area contributed by atoms with Crippen LogP contribution in [0.25, 0.3) is 0 Å². The summed E-state index contributed by atoms with van der Waals surface area (Å²) in [5.41, 5.74) is 2.59. The Morgan fingerprint density at radius 2 is 0.842 bits per heavy atom. The first-order chi connectivity index (χ1) is 18.5. The minimum Gasteiger partial charge on any atom is -0.453 e. The Kier molecular flexibility index (Phi) is 11.2. The first-order valence-corrected chi connectivity index (χ1v) is 12.4. The van der Waals surface area contributed by atoms with Crippen LogP contribution in [-0.4, -0.2) is 35.4 Å². The van der Waals surface area contributed by atoms with Gasteiger partial charge in [-0.15, -0.1) is 0 Å². The van der Waals surface area contributed by atoms with E-state index in [0.29, 0.717) is 11.1 Å². The van der Waals surface area contributed by atoms with Gasteiger partial charge in [0.1, 0.15) is 12.2 Å². The van der Waals surface area contributed by atoms with E-state index in [9.17, 15) is 9.59 Å². The number of benzene rings is 4. The molecule has 0 radical (unpaired) electrons. The van der Waals surface area contributed by atoms with E-state index in [1.165, 1.54) is 0 Å². The molecule has 0 bridgehead atoms. The molecule has 0 aliphatic rings. The second-order valence-electron chi connectivity index (χ2n) is 8.51. The lowest BCUT2D eigenvalue weighted by Gasteiger charge is -2.31. The van der Waals surface area contributed by atoms with Crippen molar-refractivity contribution in [2.75, 3.05) is 13.2 Å². The van der Waals surface area contributed by atoms with Crippen molar-refractivity contribution in [1.29, 1.82) is 0 Å². The van der Waals surface area contributed by atoms with Crippen LogP contribution in [-0.2, 0) is 9.47 Å². The first kappa shape index (κ1) is 28.3. The van der Waals surface area contributed by atoms with Gasteiger partial charge in [-0.1, -0.05) is 104 Å². The summed E-state index contributed by atoms with van der Waals surface area (Å²) in [6, 6.07) is 36.9. The van der Waals surface area contributed by atoms with Gasteiger partial charge in [-0.05, 0) is 35.4 Å². The molecule has 0 saturated carbocycles. The zero-order valence-electron chi connectivity index (χ0n) is 21.2. The molecule has 0 fully saturated rings. The van der Waals surface area contributed by atoms with Crippen LogP contribution in [0.5, 0.6) is 0 Å². The van der Waals surface area contributed by atoms with E-state index >= 15 is 0 Å². The monoisotopic (exact) mass is 512 g/mol. The zero-order valence-corrected chi connectivity index (χ0v) is 21.2. The molecule has 196 valence electrons. The van der Waals surface area contributed by atoms with Crippen LogP contribution in [0.3, 0.4) is 0 Å². The average Bonchev–Trinajstić information content (AvgIpc) is 3.00. The molecule has 0 saturated heterocycles. The van der Waals surface area contributed by atoms with Gasteiger partial charge >= 0.3 is 11.9 Å². The van der Waals surface area contributed by atoms with Crippen LogP contribution in [0.2, 0.25) is 0 Å². The third-order valence-electron chi connectivity index (χ3n) is 5.80. The number of aliphatic hydroxyl groups is 2. The van der Waals surface area contributed by atoms with Gasteiger partial charge in [-0.25, -0.2) is 9.59 Å². The number of rotatable bonds is 9. The molecule has 2 atom stereocenters. The average molecular weight is 513 g/mol. The van der Waals surface area contributed by atoms with Crippen molar-refractivity contribution in [3.8, 4) is 0 Å². The van der Waals surface area contributed by atoms with Crippen LogP contribution < -0.4 is 0 Å². The van der Waals surface area contributed by atoms with Crippen LogP contribution in [0.4, 0.5) is 0 Å². The Balaban J connectivity index is 0.000000934. The minimum atomic E-state index is -0.636. The summed E-state index contributed by atoms with van der Waals surface area (Å²) in [5.74, 6) is -1.23. The topological polar surface area (TPSA) is 93.1 Å². The molecule has 0 amide bonds. The van der Waals surface area contributed by atoms with E-state index in [2.05, 4.69) is 0 Å². The molecule has 0 aliphatic heterocycles.